The summed E-state index contributed by atoms with van der Waals surface area (Å²) in [6, 6.07) is 26.8. The molecule has 1 saturated heterocycles. The summed E-state index contributed by atoms with van der Waals surface area (Å²) in [4.78, 5) is 16.8. The minimum atomic E-state index is -0.194. The first-order chi connectivity index (χ1) is 15.2. The van der Waals surface area contributed by atoms with E-state index in [9.17, 15) is 4.79 Å². The van der Waals surface area contributed by atoms with E-state index in [1.807, 2.05) is 89.8 Å². The molecule has 1 heterocycles. The Morgan fingerprint density at radius 3 is 2.10 bits per heavy atom. The summed E-state index contributed by atoms with van der Waals surface area (Å²) in [5, 5.41) is 14.4. The Kier molecular flexibility index (Phi) is 6.47. The monoisotopic (exact) mass is 413 g/mol. The molecule has 0 spiro atoms. The number of urea groups is 1. The van der Waals surface area contributed by atoms with Crippen LogP contribution < -0.4 is 15.5 Å². The molecule has 0 radical (unpaired) electrons. The first-order valence-corrected chi connectivity index (χ1v) is 10.6. The van der Waals surface area contributed by atoms with Gasteiger partial charge in [-0.05, 0) is 54.8 Å². The van der Waals surface area contributed by atoms with E-state index in [4.69, 9.17) is 5.41 Å². The predicted octanol–water partition coefficient (Wildman–Crippen LogP) is 5.18. The molecule has 158 valence electrons. The van der Waals surface area contributed by atoms with Crippen LogP contribution in [0.5, 0.6) is 0 Å². The minimum Gasteiger partial charge on any atom is -0.343 e. The van der Waals surface area contributed by atoms with Gasteiger partial charge in [-0.3, -0.25) is 10.3 Å². The van der Waals surface area contributed by atoms with Gasteiger partial charge in [-0.25, -0.2) is 4.79 Å². The predicted molar refractivity (Wildman–Crippen MR) is 126 cm³/mol. The lowest BCUT2D eigenvalue weighted by atomic mass is 10.2. The Morgan fingerprint density at radius 2 is 1.48 bits per heavy atom. The number of anilines is 3. The molecule has 1 fully saturated rings. The maximum Gasteiger partial charge on any atom is 0.326 e. The summed E-state index contributed by atoms with van der Waals surface area (Å²) in [6.45, 7) is 2.24. The van der Waals surface area contributed by atoms with Crippen molar-refractivity contribution in [3.05, 3.63) is 90.5 Å². The third-order valence-electron chi connectivity index (χ3n) is 5.29. The van der Waals surface area contributed by atoms with Crippen LogP contribution in [0.2, 0.25) is 0 Å². The number of benzene rings is 3. The fraction of sp³-hybridized carbons (Fsp3) is 0.200. The number of para-hydroxylation sites is 2. The Bertz CT molecular complexity index is 977. The average Bonchev–Trinajstić information content (AvgIpc) is 3.35. The molecule has 3 aromatic rings. The number of likely N-dealkylation sites (tertiary alicyclic amines) is 1. The molecule has 6 heteroatoms. The van der Waals surface area contributed by atoms with Crippen LogP contribution in [0.1, 0.15) is 18.4 Å². The van der Waals surface area contributed by atoms with Crippen LogP contribution in [-0.4, -0.2) is 30.0 Å². The van der Waals surface area contributed by atoms with Gasteiger partial charge in [0.25, 0.3) is 0 Å². The Labute approximate surface area is 183 Å². The number of guanidine groups is 1. The maximum atomic E-state index is 13.1. The average molecular weight is 414 g/mol. The molecule has 2 amide bonds. The summed E-state index contributed by atoms with van der Waals surface area (Å²) in [6.07, 6.45) is 2.27. The summed E-state index contributed by atoms with van der Waals surface area (Å²) in [7, 11) is 0. The minimum absolute atomic E-state index is 0.194. The second-order valence-electron chi connectivity index (χ2n) is 7.53. The second-order valence-corrected chi connectivity index (χ2v) is 7.53. The molecule has 3 aromatic carbocycles. The Balaban J connectivity index is 1.44. The van der Waals surface area contributed by atoms with Crippen LogP contribution in [0, 0.1) is 5.41 Å². The third-order valence-corrected chi connectivity index (χ3v) is 5.29. The van der Waals surface area contributed by atoms with Gasteiger partial charge in [0.15, 0.2) is 5.96 Å². The third kappa shape index (κ3) is 5.22. The molecule has 0 unspecified atom stereocenters. The fourth-order valence-electron chi connectivity index (χ4n) is 3.71. The summed E-state index contributed by atoms with van der Waals surface area (Å²) in [5.74, 6) is 0.429. The number of nitrogens with zero attached hydrogens (tertiary/aromatic N) is 2. The summed E-state index contributed by atoms with van der Waals surface area (Å²) in [5.41, 5.74) is 3.43. The van der Waals surface area contributed by atoms with Gasteiger partial charge < -0.3 is 15.5 Å². The number of hydrogen-bond acceptors (Lipinski definition) is 2. The van der Waals surface area contributed by atoms with E-state index in [0.29, 0.717) is 12.5 Å². The molecular weight excluding hydrogens is 386 g/mol. The largest absolute Gasteiger partial charge is 0.343 e. The highest BCUT2D eigenvalue weighted by Crippen LogP contribution is 2.25. The van der Waals surface area contributed by atoms with Crippen molar-refractivity contribution in [2.75, 3.05) is 23.3 Å². The fourth-order valence-corrected chi connectivity index (χ4v) is 3.71. The normalized spacial score (nSPS) is 13.0. The zero-order chi connectivity index (χ0) is 21.5. The van der Waals surface area contributed by atoms with Crippen molar-refractivity contribution in [1.29, 1.82) is 5.41 Å². The SMILES string of the molecule is N=C(Nc1cccc(CNC(=O)N(c2ccccc2)c2ccccc2)c1)N1CCCC1. The van der Waals surface area contributed by atoms with Gasteiger partial charge in [0.05, 0.1) is 11.4 Å². The van der Waals surface area contributed by atoms with Gasteiger partial charge in [-0.1, -0.05) is 48.5 Å². The smallest absolute Gasteiger partial charge is 0.326 e. The molecule has 0 atom stereocenters. The standard InChI is InChI=1S/C25H27N5O/c26-24(29-16-7-8-17-29)28-21-11-9-10-20(18-21)19-27-25(31)30(22-12-3-1-4-13-22)23-14-5-2-6-15-23/h1-6,9-15,18H,7-8,16-17,19H2,(H2,26,28)(H,27,31). The highest BCUT2D eigenvalue weighted by atomic mass is 16.2. The van der Waals surface area contributed by atoms with Crippen LogP contribution in [0.15, 0.2) is 84.9 Å². The molecule has 31 heavy (non-hydrogen) atoms. The molecule has 1 aliphatic heterocycles. The number of rotatable bonds is 5. The number of carbonyl (C=O) groups excluding carboxylic acids is 1. The van der Waals surface area contributed by atoms with E-state index in [1.54, 1.807) is 4.90 Å². The van der Waals surface area contributed by atoms with E-state index >= 15 is 0 Å². The highest BCUT2D eigenvalue weighted by Gasteiger charge is 2.18. The van der Waals surface area contributed by atoms with Gasteiger partial charge in [0, 0.05) is 25.3 Å². The second kappa shape index (κ2) is 9.80. The lowest BCUT2D eigenvalue weighted by molar-refractivity contribution is 0.248. The van der Waals surface area contributed by atoms with Crippen LogP contribution in [0.4, 0.5) is 21.9 Å². The van der Waals surface area contributed by atoms with Crippen molar-refractivity contribution in [3.63, 3.8) is 0 Å². The van der Waals surface area contributed by atoms with Crippen molar-refractivity contribution in [3.8, 4) is 0 Å². The van der Waals surface area contributed by atoms with Crippen LogP contribution in [-0.2, 0) is 6.54 Å². The molecular formula is C25H27N5O. The zero-order valence-electron chi connectivity index (χ0n) is 17.4. The van der Waals surface area contributed by atoms with Gasteiger partial charge >= 0.3 is 6.03 Å². The number of amides is 2. The maximum absolute atomic E-state index is 13.1. The Hall–Kier alpha value is -3.80. The summed E-state index contributed by atoms with van der Waals surface area (Å²) < 4.78 is 0. The van der Waals surface area contributed by atoms with E-state index in [-0.39, 0.29) is 6.03 Å². The lowest BCUT2D eigenvalue weighted by Gasteiger charge is -2.23. The highest BCUT2D eigenvalue weighted by molar-refractivity contribution is 5.99. The molecule has 4 rings (SSSR count). The molecule has 0 aromatic heterocycles. The first kappa shape index (κ1) is 20.5. The number of nitrogens with one attached hydrogen (secondary N) is 3. The van der Waals surface area contributed by atoms with Crippen molar-refractivity contribution in [2.45, 2.75) is 19.4 Å². The van der Waals surface area contributed by atoms with E-state index in [2.05, 4.69) is 10.6 Å². The quantitative estimate of drug-likeness (QED) is 0.399. The van der Waals surface area contributed by atoms with Crippen molar-refractivity contribution in [2.24, 2.45) is 0 Å². The van der Waals surface area contributed by atoms with E-state index < -0.39 is 0 Å². The Morgan fingerprint density at radius 1 is 0.871 bits per heavy atom. The first-order valence-electron chi connectivity index (χ1n) is 10.6. The van der Waals surface area contributed by atoms with Crippen molar-refractivity contribution >= 4 is 29.1 Å². The molecule has 6 nitrogen and oxygen atoms in total. The number of hydrogen-bond donors (Lipinski definition) is 3. The molecule has 1 aliphatic rings. The van der Waals surface area contributed by atoms with Gasteiger partial charge in [-0.2, -0.15) is 0 Å². The van der Waals surface area contributed by atoms with E-state index in [1.165, 1.54) is 0 Å². The van der Waals surface area contributed by atoms with Crippen LogP contribution in [0.25, 0.3) is 0 Å². The molecule has 0 saturated carbocycles. The van der Waals surface area contributed by atoms with Gasteiger partial charge in [-0.15, -0.1) is 0 Å². The topological polar surface area (TPSA) is 71.5 Å². The van der Waals surface area contributed by atoms with E-state index in [0.717, 1.165) is 48.6 Å². The number of carbonyl (C=O) groups is 1. The van der Waals surface area contributed by atoms with Gasteiger partial charge in [0.2, 0.25) is 0 Å². The summed E-state index contributed by atoms with van der Waals surface area (Å²) >= 11 is 0. The molecule has 0 aliphatic carbocycles. The van der Waals surface area contributed by atoms with Crippen LogP contribution in [0.3, 0.4) is 0 Å². The molecule has 0 bridgehead atoms. The van der Waals surface area contributed by atoms with Crippen molar-refractivity contribution in [1.82, 2.24) is 10.2 Å². The zero-order valence-corrected chi connectivity index (χ0v) is 17.4. The van der Waals surface area contributed by atoms with Crippen molar-refractivity contribution < 1.29 is 4.79 Å². The lowest BCUT2D eigenvalue weighted by Crippen LogP contribution is -2.36. The van der Waals surface area contributed by atoms with Crippen LogP contribution >= 0.6 is 0 Å². The molecule has 3 N–H and O–H groups in total. The van der Waals surface area contributed by atoms with Gasteiger partial charge in [0.1, 0.15) is 0 Å².